The van der Waals surface area contributed by atoms with E-state index in [1.54, 1.807) is 42.5 Å². The molecule has 0 aromatic carbocycles. The molecule has 2 aliphatic carbocycles. The molecule has 2 aliphatic rings. The monoisotopic (exact) mass is 174 g/mol. The Hall–Kier alpha value is -1.54. The van der Waals surface area contributed by atoms with Crippen molar-refractivity contribution in [1.82, 2.24) is 0 Å². The highest BCUT2D eigenvalue weighted by Gasteiger charge is 2.18. The van der Waals surface area contributed by atoms with Gasteiger partial charge >= 0.3 is 0 Å². The standard InChI is InChI=1S/C11H10O2/c12-10-6-2-1-4-8-9(10)5-3-7-11(8)13/h1-7,11-13H. The van der Waals surface area contributed by atoms with Crippen molar-refractivity contribution in [2.75, 3.05) is 0 Å². The summed E-state index contributed by atoms with van der Waals surface area (Å²) in [6, 6.07) is 0. The van der Waals surface area contributed by atoms with E-state index in [2.05, 4.69) is 0 Å². The molecule has 66 valence electrons. The number of hydrogen-bond donors (Lipinski definition) is 2. The van der Waals surface area contributed by atoms with Crippen LogP contribution in [0, 0.1) is 0 Å². The second-order valence-electron chi connectivity index (χ2n) is 2.97. The summed E-state index contributed by atoms with van der Waals surface area (Å²) in [5, 5.41) is 19.1. The SMILES string of the molecule is OC1=CC=CC=C2C1=CC=CC2O. The van der Waals surface area contributed by atoms with Crippen LogP contribution in [0.4, 0.5) is 0 Å². The lowest BCUT2D eigenvalue weighted by atomic mass is 9.94. The molecule has 0 aliphatic heterocycles. The minimum atomic E-state index is -0.613. The van der Waals surface area contributed by atoms with Gasteiger partial charge in [0.25, 0.3) is 0 Å². The summed E-state index contributed by atoms with van der Waals surface area (Å²) in [5.74, 6) is 0.198. The average Bonchev–Trinajstić information content (AvgIpc) is 2.30. The van der Waals surface area contributed by atoms with E-state index in [-0.39, 0.29) is 5.76 Å². The van der Waals surface area contributed by atoms with Gasteiger partial charge in [-0.3, -0.25) is 0 Å². The van der Waals surface area contributed by atoms with Crippen LogP contribution in [0.1, 0.15) is 0 Å². The lowest BCUT2D eigenvalue weighted by Crippen LogP contribution is -2.12. The third-order valence-electron chi connectivity index (χ3n) is 2.10. The zero-order valence-electron chi connectivity index (χ0n) is 7.01. The molecular weight excluding hydrogens is 164 g/mol. The molecule has 0 bridgehead atoms. The lowest BCUT2D eigenvalue weighted by Gasteiger charge is -2.16. The molecule has 0 spiro atoms. The van der Waals surface area contributed by atoms with Crippen molar-refractivity contribution < 1.29 is 10.2 Å². The molecule has 1 unspecified atom stereocenters. The normalized spacial score (nSPS) is 25.6. The van der Waals surface area contributed by atoms with E-state index in [9.17, 15) is 10.2 Å². The summed E-state index contributed by atoms with van der Waals surface area (Å²) in [6.45, 7) is 0. The van der Waals surface area contributed by atoms with Gasteiger partial charge in [0.05, 0.1) is 6.10 Å². The van der Waals surface area contributed by atoms with Crippen molar-refractivity contribution in [3.05, 3.63) is 59.4 Å². The molecule has 0 saturated carbocycles. The Balaban J connectivity index is 2.52. The summed E-state index contributed by atoms with van der Waals surface area (Å²) in [6.07, 6.45) is 11.6. The Morgan fingerprint density at radius 3 is 2.62 bits per heavy atom. The molecule has 0 radical (unpaired) electrons. The smallest absolute Gasteiger partial charge is 0.123 e. The van der Waals surface area contributed by atoms with Gasteiger partial charge in [-0.1, -0.05) is 36.5 Å². The van der Waals surface area contributed by atoms with Gasteiger partial charge in [0.1, 0.15) is 5.76 Å². The average molecular weight is 174 g/mol. The van der Waals surface area contributed by atoms with E-state index in [0.29, 0.717) is 5.57 Å². The van der Waals surface area contributed by atoms with E-state index in [0.717, 1.165) is 5.57 Å². The molecule has 1 atom stereocenters. The van der Waals surface area contributed by atoms with Gasteiger partial charge < -0.3 is 10.2 Å². The zero-order valence-corrected chi connectivity index (χ0v) is 7.01. The van der Waals surface area contributed by atoms with Crippen molar-refractivity contribution in [3.8, 4) is 0 Å². The second kappa shape index (κ2) is 3.07. The summed E-state index contributed by atoms with van der Waals surface area (Å²) in [4.78, 5) is 0. The number of hydrogen-bond acceptors (Lipinski definition) is 2. The van der Waals surface area contributed by atoms with Crippen molar-refractivity contribution in [2.45, 2.75) is 6.10 Å². The molecule has 0 fully saturated rings. The molecular formula is C11H10O2. The van der Waals surface area contributed by atoms with E-state index in [4.69, 9.17) is 0 Å². The Morgan fingerprint density at radius 2 is 1.77 bits per heavy atom. The molecule has 2 heteroatoms. The molecule has 0 heterocycles. The number of allylic oxidation sites excluding steroid dienone is 7. The van der Waals surface area contributed by atoms with Crippen LogP contribution in [0.3, 0.4) is 0 Å². The fourth-order valence-corrected chi connectivity index (χ4v) is 1.43. The Bertz CT molecular complexity index is 368. The Morgan fingerprint density at radius 1 is 1.00 bits per heavy atom. The first kappa shape index (κ1) is 8.08. The van der Waals surface area contributed by atoms with Crippen LogP contribution in [-0.2, 0) is 0 Å². The van der Waals surface area contributed by atoms with E-state index < -0.39 is 6.10 Å². The largest absolute Gasteiger partial charge is 0.507 e. The highest BCUT2D eigenvalue weighted by Crippen LogP contribution is 2.26. The van der Waals surface area contributed by atoms with E-state index in [1.165, 1.54) is 0 Å². The molecule has 13 heavy (non-hydrogen) atoms. The first-order valence-electron chi connectivity index (χ1n) is 4.14. The predicted molar refractivity (Wildman–Crippen MR) is 51.2 cm³/mol. The van der Waals surface area contributed by atoms with Gasteiger partial charge in [0, 0.05) is 5.57 Å². The van der Waals surface area contributed by atoms with Gasteiger partial charge in [-0.2, -0.15) is 0 Å². The first-order chi connectivity index (χ1) is 6.29. The fraction of sp³-hybridized carbons (Fsp3) is 0.0909. The second-order valence-corrected chi connectivity index (χ2v) is 2.97. The summed E-state index contributed by atoms with van der Waals surface area (Å²) < 4.78 is 0. The van der Waals surface area contributed by atoms with Crippen molar-refractivity contribution in [2.24, 2.45) is 0 Å². The van der Waals surface area contributed by atoms with Crippen LogP contribution in [0.15, 0.2) is 59.4 Å². The minimum absolute atomic E-state index is 0.198. The summed E-state index contributed by atoms with van der Waals surface area (Å²) in [5.41, 5.74) is 1.44. The first-order valence-corrected chi connectivity index (χ1v) is 4.14. The van der Waals surface area contributed by atoms with Gasteiger partial charge in [0.2, 0.25) is 0 Å². The maximum Gasteiger partial charge on any atom is 0.123 e. The molecule has 0 aromatic rings. The highest BCUT2D eigenvalue weighted by molar-refractivity contribution is 5.54. The Labute approximate surface area is 76.5 Å². The number of aliphatic hydroxyl groups excluding tert-OH is 2. The maximum absolute atomic E-state index is 9.58. The van der Waals surface area contributed by atoms with E-state index >= 15 is 0 Å². The van der Waals surface area contributed by atoms with Gasteiger partial charge in [0.15, 0.2) is 0 Å². The molecule has 2 nitrogen and oxygen atoms in total. The van der Waals surface area contributed by atoms with Crippen LogP contribution < -0.4 is 0 Å². The third-order valence-corrected chi connectivity index (χ3v) is 2.10. The van der Waals surface area contributed by atoms with Gasteiger partial charge in [-0.15, -0.1) is 0 Å². The molecule has 2 rings (SSSR count). The molecule has 0 aromatic heterocycles. The fourth-order valence-electron chi connectivity index (χ4n) is 1.43. The maximum atomic E-state index is 9.58. The van der Waals surface area contributed by atoms with Crippen molar-refractivity contribution in [1.29, 1.82) is 0 Å². The third kappa shape index (κ3) is 1.36. The molecule has 0 saturated heterocycles. The van der Waals surface area contributed by atoms with Gasteiger partial charge in [-0.25, -0.2) is 0 Å². The lowest BCUT2D eigenvalue weighted by molar-refractivity contribution is 0.258. The summed E-state index contributed by atoms with van der Waals surface area (Å²) >= 11 is 0. The molecule has 2 N–H and O–H groups in total. The summed E-state index contributed by atoms with van der Waals surface area (Å²) in [7, 11) is 0. The predicted octanol–water partition coefficient (Wildman–Crippen LogP) is 1.78. The van der Waals surface area contributed by atoms with Crippen LogP contribution in [0.5, 0.6) is 0 Å². The number of rotatable bonds is 0. The van der Waals surface area contributed by atoms with Crippen LogP contribution in [-0.4, -0.2) is 16.3 Å². The topological polar surface area (TPSA) is 40.5 Å². The zero-order chi connectivity index (χ0) is 9.26. The highest BCUT2D eigenvalue weighted by atomic mass is 16.3. The van der Waals surface area contributed by atoms with Crippen molar-refractivity contribution in [3.63, 3.8) is 0 Å². The van der Waals surface area contributed by atoms with Crippen LogP contribution >= 0.6 is 0 Å². The number of aliphatic hydroxyl groups is 2. The van der Waals surface area contributed by atoms with Gasteiger partial charge in [-0.05, 0) is 11.6 Å². The minimum Gasteiger partial charge on any atom is -0.507 e. The van der Waals surface area contributed by atoms with Crippen molar-refractivity contribution >= 4 is 0 Å². The molecule has 0 amide bonds. The van der Waals surface area contributed by atoms with E-state index in [1.807, 2.05) is 0 Å². The Kier molecular flexibility index (Phi) is 1.91. The quantitative estimate of drug-likeness (QED) is 0.587. The van der Waals surface area contributed by atoms with Crippen LogP contribution in [0.2, 0.25) is 0 Å². The van der Waals surface area contributed by atoms with Crippen LogP contribution in [0.25, 0.3) is 0 Å². The number of fused-ring (bicyclic) bond motifs is 1.